The van der Waals surface area contributed by atoms with Crippen LogP contribution in [0.1, 0.15) is 17.3 Å². The molecule has 13 heteroatoms. The molecule has 2 aromatic carbocycles. The molecule has 0 aromatic heterocycles. The maximum absolute atomic E-state index is 13.2. The molecule has 1 aliphatic rings. The van der Waals surface area contributed by atoms with Crippen molar-refractivity contribution in [3.05, 3.63) is 48.0 Å². The number of nitrogens with zero attached hydrogens (tertiary/aromatic N) is 2. The molecule has 192 valence electrons. The molecule has 2 aromatic rings. The van der Waals surface area contributed by atoms with Gasteiger partial charge in [0.2, 0.25) is 0 Å². The fourth-order valence-electron chi connectivity index (χ4n) is 3.51. The second kappa shape index (κ2) is 9.69. The molecule has 1 fully saturated rings. The molecule has 0 aliphatic carbocycles. The number of halogens is 3. The number of carbonyl (C=O) groups is 1. The molecule has 1 atom stereocenters. The van der Waals surface area contributed by atoms with E-state index in [9.17, 15) is 34.8 Å². The predicted octanol–water partition coefficient (Wildman–Crippen LogP) is 2.79. The zero-order chi connectivity index (χ0) is 26.2. The van der Waals surface area contributed by atoms with E-state index in [1.165, 1.54) is 17.0 Å². The smallest absolute Gasteiger partial charge is 0.425 e. The summed E-state index contributed by atoms with van der Waals surface area (Å²) in [5.41, 5.74) is 0.488. The number of alkyl halides is 3. The molecular weight excluding hydrogens is 509 g/mol. The number of carbonyl (C=O) groups excluding carboxylic acids is 1. The van der Waals surface area contributed by atoms with Crippen molar-refractivity contribution >= 4 is 31.3 Å². The van der Waals surface area contributed by atoms with Crippen molar-refractivity contribution in [1.82, 2.24) is 4.90 Å². The van der Waals surface area contributed by atoms with Crippen molar-refractivity contribution in [3.63, 3.8) is 0 Å². The summed E-state index contributed by atoms with van der Waals surface area (Å²) in [6.45, 7) is 1.98. The summed E-state index contributed by atoms with van der Waals surface area (Å²) in [5, 5.41) is 0. The number of piperazine rings is 1. The number of ether oxygens (including phenoxy) is 1. The maximum atomic E-state index is 13.2. The Morgan fingerprint density at radius 1 is 0.886 bits per heavy atom. The van der Waals surface area contributed by atoms with Crippen LogP contribution in [-0.4, -0.2) is 78.6 Å². The minimum absolute atomic E-state index is 0.182. The number of amides is 1. The van der Waals surface area contributed by atoms with E-state index in [0.29, 0.717) is 13.1 Å². The van der Waals surface area contributed by atoms with E-state index < -0.39 is 37.9 Å². The lowest BCUT2D eigenvalue weighted by atomic mass is 10.1. The Morgan fingerprint density at radius 3 is 1.89 bits per heavy atom. The first-order chi connectivity index (χ1) is 16.1. The van der Waals surface area contributed by atoms with Gasteiger partial charge < -0.3 is 14.5 Å². The summed E-state index contributed by atoms with van der Waals surface area (Å²) in [6, 6.07) is 9.50. The van der Waals surface area contributed by atoms with Crippen LogP contribution < -0.4 is 9.64 Å². The second-order valence-corrected chi connectivity index (χ2v) is 12.3. The van der Waals surface area contributed by atoms with Gasteiger partial charge >= 0.3 is 6.18 Å². The highest BCUT2D eigenvalue weighted by molar-refractivity contribution is 7.91. The van der Waals surface area contributed by atoms with Crippen LogP contribution in [0, 0.1) is 0 Å². The van der Waals surface area contributed by atoms with E-state index in [1.807, 2.05) is 4.90 Å². The minimum Gasteiger partial charge on any atom is -0.480 e. The lowest BCUT2D eigenvalue weighted by Gasteiger charge is -2.36. The van der Waals surface area contributed by atoms with Gasteiger partial charge in [0.05, 0.1) is 15.4 Å². The summed E-state index contributed by atoms with van der Waals surface area (Å²) < 4.78 is 91.3. The van der Waals surface area contributed by atoms with Crippen LogP contribution in [0.5, 0.6) is 5.75 Å². The van der Waals surface area contributed by atoms with E-state index in [1.54, 1.807) is 12.1 Å². The van der Waals surface area contributed by atoms with E-state index in [0.717, 1.165) is 43.3 Å². The molecular formula is C22H25F3N2O6S2. The zero-order valence-corrected chi connectivity index (χ0v) is 20.9. The van der Waals surface area contributed by atoms with Crippen LogP contribution >= 0.6 is 0 Å². The average Bonchev–Trinajstić information content (AvgIpc) is 2.77. The van der Waals surface area contributed by atoms with Crippen molar-refractivity contribution in [1.29, 1.82) is 0 Å². The highest BCUT2D eigenvalue weighted by Gasteiger charge is 2.39. The quantitative estimate of drug-likeness (QED) is 0.562. The lowest BCUT2D eigenvalue weighted by molar-refractivity contribution is -0.189. The van der Waals surface area contributed by atoms with Crippen molar-refractivity contribution in [2.24, 2.45) is 0 Å². The van der Waals surface area contributed by atoms with Gasteiger partial charge in [-0.1, -0.05) is 0 Å². The van der Waals surface area contributed by atoms with E-state index >= 15 is 0 Å². The minimum atomic E-state index is -4.67. The van der Waals surface area contributed by atoms with Crippen LogP contribution in [0.4, 0.5) is 18.9 Å². The third-order valence-corrected chi connectivity index (χ3v) is 7.81. The number of hydrogen-bond donors (Lipinski definition) is 0. The van der Waals surface area contributed by atoms with Gasteiger partial charge in [-0.15, -0.1) is 0 Å². The highest BCUT2D eigenvalue weighted by Crippen LogP contribution is 2.30. The van der Waals surface area contributed by atoms with Gasteiger partial charge in [0.15, 0.2) is 25.8 Å². The molecule has 0 radical (unpaired) electrons. The Kier molecular flexibility index (Phi) is 7.42. The Balaban J connectivity index is 1.81. The highest BCUT2D eigenvalue weighted by atomic mass is 32.2. The van der Waals surface area contributed by atoms with Gasteiger partial charge in [-0.05, 0) is 49.4 Å². The van der Waals surface area contributed by atoms with Crippen LogP contribution in [0.25, 0.3) is 0 Å². The number of anilines is 1. The topological polar surface area (TPSA) is 101 Å². The first kappa shape index (κ1) is 26.8. The zero-order valence-electron chi connectivity index (χ0n) is 19.2. The van der Waals surface area contributed by atoms with Gasteiger partial charge in [0.25, 0.3) is 5.91 Å². The molecule has 35 heavy (non-hydrogen) atoms. The fourth-order valence-corrected chi connectivity index (χ4v) is 4.79. The summed E-state index contributed by atoms with van der Waals surface area (Å²) >= 11 is 0. The standard InChI is InChI=1S/C22H25F3N2O6S2/c1-15(22(23,24)25)33-20-9-8-18(35(3,31)32)14-19(20)21(28)27-12-10-26(11-13-27)16-4-6-17(7-5-16)34(2,29)30/h4-9,14-15H,10-13H2,1-3H3/t15-/m1/s1. The van der Waals surface area contributed by atoms with Gasteiger partial charge in [-0.25, -0.2) is 16.8 Å². The fraction of sp³-hybridized carbons (Fsp3) is 0.409. The van der Waals surface area contributed by atoms with E-state index in [-0.39, 0.29) is 34.2 Å². The predicted molar refractivity (Wildman–Crippen MR) is 123 cm³/mol. The normalized spacial score (nSPS) is 16.2. The monoisotopic (exact) mass is 534 g/mol. The Bertz CT molecular complexity index is 1300. The van der Waals surface area contributed by atoms with Crippen LogP contribution in [0.2, 0.25) is 0 Å². The number of hydrogen-bond acceptors (Lipinski definition) is 7. The number of rotatable bonds is 6. The van der Waals surface area contributed by atoms with E-state index in [4.69, 9.17) is 4.74 Å². The Labute approximate surface area is 202 Å². The molecule has 1 heterocycles. The largest absolute Gasteiger partial charge is 0.480 e. The second-order valence-electron chi connectivity index (χ2n) is 8.28. The molecule has 0 unspecified atom stereocenters. The van der Waals surface area contributed by atoms with E-state index in [2.05, 4.69) is 0 Å². The number of benzene rings is 2. The SMILES string of the molecule is C[C@@H](Oc1ccc(S(C)(=O)=O)cc1C(=O)N1CCN(c2ccc(S(C)(=O)=O)cc2)CC1)C(F)(F)F. The molecule has 0 N–H and O–H groups in total. The van der Waals surface area contributed by atoms with Crippen LogP contribution in [0.15, 0.2) is 52.3 Å². The van der Waals surface area contributed by atoms with Crippen LogP contribution in [0.3, 0.4) is 0 Å². The summed E-state index contributed by atoms with van der Waals surface area (Å²) in [4.78, 5) is 16.5. The van der Waals surface area contributed by atoms with Gasteiger partial charge in [0, 0.05) is 44.4 Å². The van der Waals surface area contributed by atoms with Gasteiger partial charge in [-0.2, -0.15) is 13.2 Å². The first-order valence-corrected chi connectivity index (χ1v) is 14.3. The van der Waals surface area contributed by atoms with Crippen molar-refractivity contribution < 1.29 is 39.5 Å². The Hall–Kier alpha value is -2.80. The third-order valence-electron chi connectivity index (χ3n) is 5.57. The average molecular weight is 535 g/mol. The molecule has 1 aliphatic heterocycles. The number of sulfone groups is 2. The first-order valence-electron chi connectivity index (χ1n) is 10.5. The summed E-state index contributed by atoms with van der Waals surface area (Å²) in [6.07, 6.45) is -4.83. The van der Waals surface area contributed by atoms with Crippen LogP contribution in [-0.2, 0) is 19.7 Å². The summed E-state index contributed by atoms with van der Waals surface area (Å²) in [7, 11) is -7.06. The van der Waals surface area contributed by atoms with Crippen molar-refractivity contribution in [2.45, 2.75) is 29.0 Å². The van der Waals surface area contributed by atoms with Crippen molar-refractivity contribution in [2.75, 3.05) is 43.6 Å². The molecule has 1 saturated heterocycles. The summed E-state index contributed by atoms with van der Waals surface area (Å²) in [5.74, 6) is -1.00. The molecule has 3 rings (SSSR count). The maximum Gasteiger partial charge on any atom is 0.425 e. The van der Waals surface area contributed by atoms with Crippen molar-refractivity contribution in [3.8, 4) is 5.75 Å². The molecule has 0 spiro atoms. The molecule has 8 nitrogen and oxygen atoms in total. The third kappa shape index (κ3) is 6.45. The van der Waals surface area contributed by atoms with Gasteiger partial charge in [-0.3, -0.25) is 4.79 Å². The lowest BCUT2D eigenvalue weighted by Crippen LogP contribution is -2.49. The molecule has 0 bridgehead atoms. The van der Waals surface area contributed by atoms with Gasteiger partial charge in [0.1, 0.15) is 5.75 Å². The molecule has 1 amide bonds. The Morgan fingerprint density at radius 2 is 1.40 bits per heavy atom. The molecule has 0 saturated carbocycles.